The minimum absolute atomic E-state index is 0.260. The third kappa shape index (κ3) is 2.56. The molecule has 0 aliphatic heterocycles. The van der Waals surface area contributed by atoms with Crippen molar-refractivity contribution in [2.24, 2.45) is 7.05 Å². The van der Waals surface area contributed by atoms with E-state index in [-0.39, 0.29) is 5.82 Å². The zero-order chi connectivity index (χ0) is 10.7. The lowest BCUT2D eigenvalue weighted by molar-refractivity contribution is 0.305. The lowest BCUT2D eigenvalue weighted by Gasteiger charge is -2.03. The molecule has 0 saturated carbocycles. The molecule has 0 saturated heterocycles. The van der Waals surface area contributed by atoms with Gasteiger partial charge in [-0.2, -0.15) is 5.10 Å². The Morgan fingerprint density at radius 2 is 2.07 bits per heavy atom. The van der Waals surface area contributed by atoms with Gasteiger partial charge in [0.2, 0.25) is 0 Å². The summed E-state index contributed by atoms with van der Waals surface area (Å²) in [7, 11) is 1.85. The monoisotopic (exact) mass is 206 g/mol. The van der Waals surface area contributed by atoms with Gasteiger partial charge in [-0.15, -0.1) is 0 Å². The smallest absolute Gasteiger partial charge is 0.123 e. The standard InChI is InChI=1S/C11H11FN2O/c1-14-7-9(6-13-14)8-15-11-4-2-10(12)3-5-11/h2-7H,8H2,1H3. The van der Waals surface area contributed by atoms with Crippen LogP contribution in [0.2, 0.25) is 0 Å². The summed E-state index contributed by atoms with van der Waals surface area (Å²) in [6.07, 6.45) is 3.62. The van der Waals surface area contributed by atoms with Crippen LogP contribution in [0.4, 0.5) is 4.39 Å². The van der Waals surface area contributed by atoms with Crippen molar-refractivity contribution in [2.75, 3.05) is 0 Å². The van der Waals surface area contributed by atoms with Gasteiger partial charge >= 0.3 is 0 Å². The average molecular weight is 206 g/mol. The molecule has 0 atom stereocenters. The first kappa shape index (κ1) is 9.71. The largest absolute Gasteiger partial charge is 0.489 e. The van der Waals surface area contributed by atoms with Gasteiger partial charge in [0.05, 0.1) is 6.20 Å². The Morgan fingerprint density at radius 1 is 1.33 bits per heavy atom. The van der Waals surface area contributed by atoms with E-state index in [1.165, 1.54) is 12.1 Å². The Bertz CT molecular complexity index is 436. The third-order valence-electron chi connectivity index (χ3n) is 1.98. The van der Waals surface area contributed by atoms with Crippen molar-refractivity contribution < 1.29 is 9.13 Å². The molecule has 0 aliphatic carbocycles. The van der Waals surface area contributed by atoms with Gasteiger partial charge in [0.25, 0.3) is 0 Å². The van der Waals surface area contributed by atoms with Crippen LogP contribution in [0.25, 0.3) is 0 Å². The fourth-order valence-corrected chi connectivity index (χ4v) is 1.24. The first-order valence-electron chi connectivity index (χ1n) is 4.60. The number of hydrogen-bond donors (Lipinski definition) is 0. The number of aromatic nitrogens is 2. The predicted octanol–water partition coefficient (Wildman–Crippen LogP) is 2.14. The Balaban J connectivity index is 1.96. The molecule has 4 heteroatoms. The summed E-state index contributed by atoms with van der Waals surface area (Å²) in [5, 5.41) is 4.02. The normalized spacial score (nSPS) is 10.3. The van der Waals surface area contributed by atoms with Gasteiger partial charge in [-0.25, -0.2) is 4.39 Å². The highest BCUT2D eigenvalue weighted by atomic mass is 19.1. The lowest BCUT2D eigenvalue weighted by Crippen LogP contribution is -1.94. The van der Waals surface area contributed by atoms with E-state index in [0.717, 1.165) is 5.56 Å². The Kier molecular flexibility index (Phi) is 2.67. The molecule has 0 aliphatic rings. The summed E-state index contributed by atoms with van der Waals surface area (Å²) in [6.45, 7) is 0.444. The van der Waals surface area contributed by atoms with Gasteiger partial charge < -0.3 is 4.74 Å². The number of halogens is 1. The van der Waals surface area contributed by atoms with Gasteiger partial charge in [0.15, 0.2) is 0 Å². The van der Waals surface area contributed by atoms with Crippen LogP contribution in [0.15, 0.2) is 36.7 Å². The Morgan fingerprint density at radius 3 is 2.67 bits per heavy atom. The van der Waals surface area contributed by atoms with Crippen molar-refractivity contribution in [1.82, 2.24) is 9.78 Å². The second-order valence-corrected chi connectivity index (χ2v) is 3.26. The van der Waals surface area contributed by atoms with Crippen LogP contribution in [0.5, 0.6) is 5.75 Å². The van der Waals surface area contributed by atoms with E-state index in [1.807, 2.05) is 13.2 Å². The van der Waals surface area contributed by atoms with Gasteiger partial charge in [-0.3, -0.25) is 4.68 Å². The second-order valence-electron chi connectivity index (χ2n) is 3.26. The highest BCUT2D eigenvalue weighted by molar-refractivity contribution is 5.22. The summed E-state index contributed by atoms with van der Waals surface area (Å²) in [6, 6.07) is 5.95. The van der Waals surface area contributed by atoms with Crippen LogP contribution in [0, 0.1) is 5.82 Å². The molecule has 0 fully saturated rings. The zero-order valence-corrected chi connectivity index (χ0v) is 8.35. The molecule has 3 nitrogen and oxygen atoms in total. The molecule has 1 aromatic heterocycles. The van der Waals surface area contributed by atoms with Gasteiger partial charge in [-0.1, -0.05) is 0 Å². The first-order chi connectivity index (χ1) is 7.24. The van der Waals surface area contributed by atoms with Crippen LogP contribution >= 0.6 is 0 Å². The van der Waals surface area contributed by atoms with E-state index in [1.54, 1.807) is 23.0 Å². The summed E-state index contributed by atoms with van der Waals surface area (Å²) in [5.74, 6) is 0.393. The molecule has 15 heavy (non-hydrogen) atoms. The maximum Gasteiger partial charge on any atom is 0.123 e. The molecular formula is C11H11FN2O. The van der Waals surface area contributed by atoms with Crippen molar-refractivity contribution in [1.29, 1.82) is 0 Å². The molecule has 78 valence electrons. The topological polar surface area (TPSA) is 27.1 Å². The molecule has 2 rings (SSSR count). The van der Waals surface area contributed by atoms with Gasteiger partial charge in [0.1, 0.15) is 18.2 Å². The van der Waals surface area contributed by atoms with Crippen LogP contribution in [-0.2, 0) is 13.7 Å². The maximum atomic E-state index is 12.6. The minimum Gasteiger partial charge on any atom is -0.489 e. The molecule has 1 heterocycles. The molecule has 0 bridgehead atoms. The van der Waals surface area contributed by atoms with E-state index >= 15 is 0 Å². The highest BCUT2D eigenvalue weighted by Gasteiger charge is 1.98. The summed E-state index contributed by atoms with van der Waals surface area (Å²) < 4.78 is 19.7. The number of nitrogens with zero attached hydrogens (tertiary/aromatic N) is 2. The van der Waals surface area contributed by atoms with Crippen LogP contribution in [0.1, 0.15) is 5.56 Å². The molecule has 2 aromatic rings. The SMILES string of the molecule is Cn1cc(COc2ccc(F)cc2)cn1. The molecule has 1 aromatic carbocycles. The van der Waals surface area contributed by atoms with E-state index in [0.29, 0.717) is 12.4 Å². The molecule has 0 amide bonds. The summed E-state index contributed by atoms with van der Waals surface area (Å²) in [4.78, 5) is 0. The van der Waals surface area contributed by atoms with Crippen molar-refractivity contribution in [2.45, 2.75) is 6.61 Å². The minimum atomic E-state index is -0.260. The quantitative estimate of drug-likeness (QED) is 0.769. The van der Waals surface area contributed by atoms with Crippen LogP contribution < -0.4 is 4.74 Å². The molecule has 0 N–H and O–H groups in total. The lowest BCUT2D eigenvalue weighted by atomic mass is 10.3. The van der Waals surface area contributed by atoms with E-state index in [2.05, 4.69) is 5.10 Å². The van der Waals surface area contributed by atoms with Crippen LogP contribution in [0.3, 0.4) is 0 Å². The summed E-state index contributed by atoms with van der Waals surface area (Å²) >= 11 is 0. The molecule has 0 spiro atoms. The Labute approximate surface area is 87.1 Å². The predicted molar refractivity (Wildman–Crippen MR) is 53.9 cm³/mol. The Hall–Kier alpha value is -1.84. The van der Waals surface area contributed by atoms with Crippen LogP contribution in [-0.4, -0.2) is 9.78 Å². The zero-order valence-electron chi connectivity index (χ0n) is 8.35. The maximum absolute atomic E-state index is 12.6. The average Bonchev–Trinajstić information content (AvgIpc) is 2.64. The number of aryl methyl sites for hydroxylation is 1. The fraction of sp³-hybridized carbons (Fsp3) is 0.182. The summed E-state index contributed by atoms with van der Waals surface area (Å²) in [5.41, 5.74) is 0.988. The fourth-order valence-electron chi connectivity index (χ4n) is 1.24. The van der Waals surface area contributed by atoms with Crippen molar-refractivity contribution >= 4 is 0 Å². The number of hydrogen-bond acceptors (Lipinski definition) is 2. The number of ether oxygens (including phenoxy) is 1. The molecular weight excluding hydrogens is 195 g/mol. The molecule has 0 unspecified atom stereocenters. The van der Waals surface area contributed by atoms with Crippen molar-refractivity contribution in [3.8, 4) is 5.75 Å². The third-order valence-corrected chi connectivity index (χ3v) is 1.98. The van der Waals surface area contributed by atoms with Crippen molar-refractivity contribution in [3.63, 3.8) is 0 Å². The second kappa shape index (κ2) is 4.13. The number of rotatable bonds is 3. The van der Waals surface area contributed by atoms with Gasteiger partial charge in [0, 0.05) is 18.8 Å². The van der Waals surface area contributed by atoms with E-state index in [9.17, 15) is 4.39 Å². The number of benzene rings is 1. The van der Waals surface area contributed by atoms with Gasteiger partial charge in [-0.05, 0) is 24.3 Å². The first-order valence-corrected chi connectivity index (χ1v) is 4.60. The highest BCUT2D eigenvalue weighted by Crippen LogP contribution is 2.12. The van der Waals surface area contributed by atoms with E-state index in [4.69, 9.17) is 4.74 Å². The molecule has 0 radical (unpaired) electrons. The van der Waals surface area contributed by atoms with Crippen molar-refractivity contribution in [3.05, 3.63) is 48.0 Å². The van der Waals surface area contributed by atoms with E-state index < -0.39 is 0 Å².